The van der Waals surface area contributed by atoms with Crippen LogP contribution in [0.4, 0.5) is 5.13 Å². The summed E-state index contributed by atoms with van der Waals surface area (Å²) in [5, 5.41) is 21.3. The Bertz CT molecular complexity index is 2020. The number of carbonyl (C=O) groups is 2. The molecule has 1 unspecified atom stereocenters. The number of benzene rings is 2. The van der Waals surface area contributed by atoms with Crippen molar-refractivity contribution in [2.45, 2.75) is 49.7 Å². The predicted octanol–water partition coefficient (Wildman–Crippen LogP) is 7.56. The van der Waals surface area contributed by atoms with Crippen LogP contribution in [0, 0.1) is 13.8 Å². The van der Waals surface area contributed by atoms with Gasteiger partial charge in [-0.05, 0) is 61.2 Å². The molecule has 0 saturated carbocycles. The first-order chi connectivity index (χ1) is 22.7. The number of aliphatic hydroxyl groups excluding tert-OH is 1. The normalized spacial score (nSPS) is 15.9. The van der Waals surface area contributed by atoms with Crippen LogP contribution in [0.15, 0.2) is 70.7 Å². The third-order valence-electron chi connectivity index (χ3n) is 7.92. The van der Waals surface area contributed by atoms with Crippen LogP contribution in [-0.4, -0.2) is 50.1 Å². The van der Waals surface area contributed by atoms with Crippen molar-refractivity contribution in [3.8, 4) is 11.5 Å². The molecule has 4 heterocycles. The molecule has 1 saturated heterocycles. The fraction of sp³-hybridized carbons (Fsp3) is 0.265. The van der Waals surface area contributed by atoms with E-state index in [-0.39, 0.29) is 22.2 Å². The van der Waals surface area contributed by atoms with Gasteiger partial charge in [-0.25, -0.2) is 4.98 Å². The number of pyridine rings is 1. The zero-order valence-corrected chi connectivity index (χ0v) is 28.6. The van der Waals surface area contributed by atoms with Gasteiger partial charge in [0.2, 0.25) is 5.13 Å². The molecule has 3 aromatic heterocycles. The number of aromatic nitrogens is 4. The van der Waals surface area contributed by atoms with Crippen LogP contribution in [0.2, 0.25) is 5.02 Å². The molecule has 1 aliphatic heterocycles. The Labute approximate surface area is 285 Å². The van der Waals surface area contributed by atoms with Crippen LogP contribution >= 0.6 is 34.7 Å². The van der Waals surface area contributed by atoms with Gasteiger partial charge < -0.3 is 19.0 Å². The quantitative estimate of drug-likeness (QED) is 0.0374. The topological polar surface area (TPSA) is 119 Å². The summed E-state index contributed by atoms with van der Waals surface area (Å²) in [5.74, 6) is -0.575. The van der Waals surface area contributed by atoms with E-state index in [1.807, 2.05) is 53.9 Å². The Balaban J connectivity index is 1.45. The van der Waals surface area contributed by atoms with Gasteiger partial charge >= 0.3 is 5.91 Å². The van der Waals surface area contributed by atoms with Gasteiger partial charge in [0.25, 0.3) is 5.78 Å². The summed E-state index contributed by atoms with van der Waals surface area (Å²) in [6.07, 6.45) is 3.68. The summed E-state index contributed by atoms with van der Waals surface area (Å²) in [5.41, 5.74) is 3.70. The summed E-state index contributed by atoms with van der Waals surface area (Å²) in [7, 11) is 1.53. The molecular weight excluding hydrogens is 658 g/mol. The first-order valence-corrected chi connectivity index (χ1v) is 17.2. The van der Waals surface area contributed by atoms with Gasteiger partial charge in [0.15, 0.2) is 21.6 Å². The highest BCUT2D eigenvalue weighted by atomic mass is 35.5. The second-order valence-corrected chi connectivity index (χ2v) is 13.5. The number of aliphatic hydroxyl groups is 1. The number of rotatable bonds is 11. The van der Waals surface area contributed by atoms with Crippen LogP contribution in [0.3, 0.4) is 0 Å². The fourth-order valence-corrected chi connectivity index (χ4v) is 7.59. The van der Waals surface area contributed by atoms with Crippen molar-refractivity contribution < 1.29 is 24.2 Å². The molecule has 10 nitrogen and oxygen atoms in total. The minimum Gasteiger partial charge on any atom is -0.505 e. The van der Waals surface area contributed by atoms with Crippen molar-refractivity contribution in [2.24, 2.45) is 0 Å². The second-order valence-electron chi connectivity index (χ2n) is 10.9. The van der Waals surface area contributed by atoms with Crippen molar-refractivity contribution >= 4 is 62.9 Å². The van der Waals surface area contributed by atoms with Gasteiger partial charge in [0, 0.05) is 17.0 Å². The van der Waals surface area contributed by atoms with Crippen molar-refractivity contribution in [3.05, 3.63) is 99.5 Å². The average molecular weight is 690 g/mol. The summed E-state index contributed by atoms with van der Waals surface area (Å²) < 4.78 is 14.0. The molecule has 1 N–H and O–H groups in total. The van der Waals surface area contributed by atoms with Gasteiger partial charge in [-0.15, -0.1) is 10.2 Å². The van der Waals surface area contributed by atoms with E-state index in [0.717, 1.165) is 24.0 Å². The van der Waals surface area contributed by atoms with E-state index in [1.165, 1.54) is 35.1 Å². The number of thioether (sulfide) groups is 1. The maximum atomic E-state index is 13.9. The van der Waals surface area contributed by atoms with Crippen LogP contribution in [0.25, 0.3) is 11.4 Å². The van der Waals surface area contributed by atoms with Crippen molar-refractivity contribution in [1.82, 2.24) is 19.6 Å². The SMILES string of the molecule is CCCCOc1ccc(C2C(=C(O)c3nc4c(C)cccn4c3C)C(=O)C(=O)N2c2nnc(SCc3ccccc3Cl)s2)cc1OC. The standard InChI is InChI=1S/C34H32ClN5O5S2/c1-5-6-16-45-24-14-13-21(17-25(24)44-4)28-26(29(41)27-20(3)39-15-9-10-19(2)31(39)36-27)30(42)32(43)40(28)33-37-38-34(47-33)46-18-22-11-7-8-12-23(22)35/h7-15,17,28,41H,5-6,16,18H2,1-4H3. The fourth-order valence-electron chi connectivity index (χ4n) is 5.43. The second kappa shape index (κ2) is 13.8. The van der Waals surface area contributed by atoms with E-state index in [0.29, 0.717) is 50.1 Å². The number of amides is 1. The lowest BCUT2D eigenvalue weighted by Gasteiger charge is -2.23. The van der Waals surface area contributed by atoms with Crippen LogP contribution in [0.5, 0.6) is 11.5 Å². The number of methoxy groups -OCH3 is 1. The number of imidazole rings is 1. The monoisotopic (exact) mass is 689 g/mol. The van der Waals surface area contributed by atoms with Gasteiger partial charge in [-0.2, -0.15) is 0 Å². The molecule has 0 bridgehead atoms. The summed E-state index contributed by atoms with van der Waals surface area (Å²) in [6, 6.07) is 15.5. The third-order valence-corrected chi connectivity index (χ3v) is 10.4. The minimum atomic E-state index is -1.05. The smallest absolute Gasteiger partial charge is 0.301 e. The molecule has 1 fully saturated rings. The highest BCUT2D eigenvalue weighted by Gasteiger charge is 2.49. The maximum Gasteiger partial charge on any atom is 0.301 e. The van der Waals surface area contributed by atoms with Gasteiger partial charge in [-0.1, -0.05) is 78.4 Å². The van der Waals surface area contributed by atoms with E-state index in [4.69, 9.17) is 21.1 Å². The Kier molecular flexibility index (Phi) is 9.53. The summed E-state index contributed by atoms with van der Waals surface area (Å²) >= 11 is 8.94. The van der Waals surface area contributed by atoms with E-state index < -0.39 is 17.7 Å². The van der Waals surface area contributed by atoms with E-state index >= 15 is 0 Å². The molecule has 1 amide bonds. The average Bonchev–Trinajstić information content (AvgIpc) is 3.75. The van der Waals surface area contributed by atoms with Crippen LogP contribution in [-0.2, 0) is 15.3 Å². The Morgan fingerprint density at radius 3 is 2.64 bits per heavy atom. The number of anilines is 1. The van der Waals surface area contributed by atoms with Crippen LogP contribution < -0.4 is 14.4 Å². The lowest BCUT2D eigenvalue weighted by atomic mass is 9.96. The summed E-state index contributed by atoms with van der Waals surface area (Å²) in [6.45, 7) is 6.31. The Morgan fingerprint density at radius 2 is 1.89 bits per heavy atom. The first kappa shape index (κ1) is 32.5. The van der Waals surface area contributed by atoms with Gasteiger partial charge in [0.05, 0.1) is 31.0 Å². The molecule has 5 aromatic rings. The Morgan fingerprint density at radius 1 is 1.09 bits per heavy atom. The number of halogens is 1. The molecule has 1 atom stereocenters. The lowest BCUT2D eigenvalue weighted by molar-refractivity contribution is -0.132. The number of ether oxygens (including phenoxy) is 2. The number of fused-ring (bicyclic) bond motifs is 1. The largest absolute Gasteiger partial charge is 0.505 e. The number of hydrogen-bond acceptors (Lipinski definition) is 10. The molecule has 47 heavy (non-hydrogen) atoms. The van der Waals surface area contributed by atoms with Crippen molar-refractivity contribution in [1.29, 1.82) is 0 Å². The number of unbranched alkanes of at least 4 members (excludes halogenated alkanes) is 1. The van der Waals surface area contributed by atoms with E-state index in [2.05, 4.69) is 22.1 Å². The predicted molar refractivity (Wildman–Crippen MR) is 184 cm³/mol. The highest BCUT2D eigenvalue weighted by molar-refractivity contribution is 8.00. The lowest BCUT2D eigenvalue weighted by Crippen LogP contribution is -2.29. The molecule has 242 valence electrons. The van der Waals surface area contributed by atoms with E-state index in [9.17, 15) is 14.7 Å². The molecule has 1 aliphatic rings. The Hall–Kier alpha value is -4.39. The third kappa shape index (κ3) is 6.20. The maximum absolute atomic E-state index is 13.9. The first-order valence-electron chi connectivity index (χ1n) is 15.0. The summed E-state index contributed by atoms with van der Waals surface area (Å²) in [4.78, 5) is 33.7. The molecule has 2 aromatic carbocycles. The molecular formula is C34H32ClN5O5S2. The zero-order chi connectivity index (χ0) is 33.2. The highest BCUT2D eigenvalue weighted by Crippen LogP contribution is 2.46. The molecule has 0 spiro atoms. The number of hydrogen-bond donors (Lipinski definition) is 1. The van der Waals surface area contributed by atoms with Gasteiger partial charge in [-0.3, -0.25) is 14.5 Å². The number of Topliss-reactive ketones (excluding diaryl/α,β-unsaturated/α-hetero) is 1. The molecule has 6 rings (SSSR count). The van der Waals surface area contributed by atoms with Gasteiger partial charge in [0.1, 0.15) is 11.3 Å². The van der Waals surface area contributed by atoms with Crippen molar-refractivity contribution in [2.75, 3.05) is 18.6 Å². The number of carbonyl (C=O) groups excluding carboxylic acids is 2. The van der Waals surface area contributed by atoms with Crippen LogP contribution in [0.1, 0.15) is 53.9 Å². The number of nitrogens with zero attached hydrogens (tertiary/aromatic N) is 5. The van der Waals surface area contributed by atoms with E-state index in [1.54, 1.807) is 25.1 Å². The molecule has 13 heteroatoms. The minimum absolute atomic E-state index is 0.110. The molecule has 0 radical (unpaired) electrons. The zero-order valence-electron chi connectivity index (χ0n) is 26.2. The molecule has 0 aliphatic carbocycles. The number of ketones is 1. The van der Waals surface area contributed by atoms with Crippen molar-refractivity contribution in [3.63, 3.8) is 0 Å². The number of aryl methyl sites for hydroxylation is 2.